The largest absolute Gasteiger partial charge is 0.300 e. The van der Waals surface area contributed by atoms with Crippen LogP contribution in [0.15, 0.2) is 60.7 Å². The highest BCUT2D eigenvalue weighted by Gasteiger charge is 2.20. The first-order valence-corrected chi connectivity index (χ1v) is 8.83. The maximum Gasteiger partial charge on any atom is 0.176 e. The Labute approximate surface area is 161 Å². The Kier molecular flexibility index (Phi) is 7.98. The molecule has 0 spiro atoms. The average Bonchev–Trinajstić information content (AvgIpc) is 2.68. The first-order chi connectivity index (χ1) is 12.2. The summed E-state index contributed by atoms with van der Waals surface area (Å²) in [6.07, 6.45) is 0.549. The molecule has 2 aromatic rings. The number of nitrogens with zero attached hydrogens (tertiary/aromatic N) is 2. The zero-order valence-corrected chi connectivity index (χ0v) is 15.7. The standard InChI is InChI=1S/C21H24N2O2.ClH/c24-20(18-7-3-1-4-8-18)11-12-22-13-15-23(16-14-22)17-21(25)19-9-5-2-6-10-19;/h1-10H,11-17H2;1H. The highest BCUT2D eigenvalue weighted by molar-refractivity contribution is 5.97. The molecule has 1 heterocycles. The van der Waals surface area contributed by atoms with Crippen LogP contribution in [-0.2, 0) is 0 Å². The van der Waals surface area contributed by atoms with E-state index in [1.165, 1.54) is 0 Å². The van der Waals surface area contributed by atoms with Gasteiger partial charge >= 0.3 is 0 Å². The minimum atomic E-state index is 0. The lowest BCUT2D eigenvalue weighted by molar-refractivity contribution is 0.0836. The van der Waals surface area contributed by atoms with Crippen LogP contribution in [0.25, 0.3) is 0 Å². The first kappa shape index (κ1) is 20.3. The summed E-state index contributed by atoms with van der Waals surface area (Å²) in [7, 11) is 0. The van der Waals surface area contributed by atoms with E-state index in [2.05, 4.69) is 9.80 Å². The predicted molar refractivity (Wildman–Crippen MR) is 106 cm³/mol. The molecular weight excluding hydrogens is 348 g/mol. The molecule has 3 rings (SSSR count). The summed E-state index contributed by atoms with van der Waals surface area (Å²) in [5.41, 5.74) is 1.56. The van der Waals surface area contributed by atoms with Crippen LogP contribution in [0.2, 0.25) is 0 Å². The number of ketones is 2. The quantitative estimate of drug-likeness (QED) is 0.700. The van der Waals surface area contributed by atoms with Crippen molar-refractivity contribution in [1.82, 2.24) is 9.80 Å². The molecule has 0 saturated carbocycles. The van der Waals surface area contributed by atoms with Crippen LogP contribution in [0.1, 0.15) is 27.1 Å². The van der Waals surface area contributed by atoms with Gasteiger partial charge in [-0.25, -0.2) is 0 Å². The van der Waals surface area contributed by atoms with Gasteiger partial charge in [-0.2, -0.15) is 0 Å². The minimum Gasteiger partial charge on any atom is -0.300 e. The second-order valence-corrected chi connectivity index (χ2v) is 6.45. The van der Waals surface area contributed by atoms with Crippen LogP contribution >= 0.6 is 12.4 Å². The smallest absolute Gasteiger partial charge is 0.176 e. The van der Waals surface area contributed by atoms with Gasteiger partial charge < -0.3 is 4.90 Å². The molecule has 0 atom stereocenters. The Morgan fingerprint density at radius 1 is 0.692 bits per heavy atom. The molecule has 1 saturated heterocycles. The van der Waals surface area contributed by atoms with Crippen LogP contribution in [0, 0.1) is 0 Å². The minimum absolute atomic E-state index is 0. The molecule has 0 aliphatic carbocycles. The highest BCUT2D eigenvalue weighted by atomic mass is 35.5. The molecule has 1 aliphatic heterocycles. The van der Waals surface area contributed by atoms with Crippen molar-refractivity contribution in [1.29, 1.82) is 0 Å². The SMILES string of the molecule is Cl.O=C(CCN1CCN(CC(=O)c2ccccc2)CC1)c1ccccc1. The number of hydrogen-bond donors (Lipinski definition) is 0. The van der Waals surface area contributed by atoms with Gasteiger partial charge in [0.25, 0.3) is 0 Å². The van der Waals surface area contributed by atoms with Crippen LogP contribution < -0.4 is 0 Å². The Balaban J connectivity index is 0.00000243. The number of piperazine rings is 1. The summed E-state index contributed by atoms with van der Waals surface area (Å²) < 4.78 is 0. The Morgan fingerprint density at radius 3 is 1.69 bits per heavy atom. The van der Waals surface area contributed by atoms with Gasteiger partial charge in [0.2, 0.25) is 0 Å². The van der Waals surface area contributed by atoms with E-state index in [-0.39, 0.29) is 24.0 Å². The highest BCUT2D eigenvalue weighted by Crippen LogP contribution is 2.08. The maximum absolute atomic E-state index is 12.3. The van der Waals surface area contributed by atoms with Gasteiger partial charge in [0.1, 0.15) is 0 Å². The molecule has 0 bridgehead atoms. The second-order valence-electron chi connectivity index (χ2n) is 6.45. The molecule has 1 fully saturated rings. The van der Waals surface area contributed by atoms with Gasteiger partial charge in [-0.3, -0.25) is 14.5 Å². The molecule has 0 aromatic heterocycles. The Morgan fingerprint density at radius 2 is 1.15 bits per heavy atom. The van der Waals surface area contributed by atoms with E-state index in [0.717, 1.165) is 43.9 Å². The summed E-state index contributed by atoms with van der Waals surface area (Å²) in [6, 6.07) is 18.9. The van der Waals surface area contributed by atoms with Gasteiger partial charge in [0.05, 0.1) is 6.54 Å². The van der Waals surface area contributed by atoms with Crippen molar-refractivity contribution in [2.24, 2.45) is 0 Å². The molecule has 2 aromatic carbocycles. The number of carbonyl (C=O) groups excluding carboxylic acids is 2. The van der Waals surface area contributed by atoms with Gasteiger partial charge in [-0.1, -0.05) is 60.7 Å². The topological polar surface area (TPSA) is 40.6 Å². The van der Waals surface area contributed by atoms with Crippen LogP contribution in [-0.4, -0.2) is 60.6 Å². The fraction of sp³-hybridized carbons (Fsp3) is 0.333. The fourth-order valence-electron chi connectivity index (χ4n) is 3.12. The van der Waals surface area contributed by atoms with Crippen LogP contribution in [0.4, 0.5) is 0 Å². The average molecular weight is 373 g/mol. The zero-order chi connectivity index (χ0) is 17.5. The van der Waals surface area contributed by atoms with Crippen molar-refractivity contribution in [3.63, 3.8) is 0 Å². The van der Waals surface area contributed by atoms with Crippen molar-refractivity contribution >= 4 is 24.0 Å². The van der Waals surface area contributed by atoms with Gasteiger partial charge in [-0.15, -0.1) is 12.4 Å². The molecule has 0 N–H and O–H groups in total. The Bertz CT molecular complexity index is 698. The van der Waals surface area contributed by atoms with Crippen LogP contribution in [0.3, 0.4) is 0 Å². The normalized spacial score (nSPS) is 15.2. The fourth-order valence-corrected chi connectivity index (χ4v) is 3.12. The molecule has 138 valence electrons. The lowest BCUT2D eigenvalue weighted by Gasteiger charge is -2.34. The molecule has 1 aliphatic rings. The number of hydrogen-bond acceptors (Lipinski definition) is 4. The molecule has 5 heteroatoms. The van der Waals surface area contributed by atoms with Gasteiger partial charge in [0, 0.05) is 50.3 Å². The third-order valence-corrected chi connectivity index (χ3v) is 4.68. The molecule has 0 amide bonds. The number of carbonyl (C=O) groups is 2. The number of Topliss-reactive ketones (excluding diaryl/α,β-unsaturated/α-hetero) is 2. The maximum atomic E-state index is 12.3. The second kappa shape index (κ2) is 10.2. The number of halogens is 1. The first-order valence-electron chi connectivity index (χ1n) is 8.83. The van der Waals surface area contributed by atoms with E-state index in [0.29, 0.717) is 13.0 Å². The van der Waals surface area contributed by atoms with Gasteiger partial charge in [-0.05, 0) is 0 Å². The third kappa shape index (κ3) is 5.77. The van der Waals surface area contributed by atoms with E-state index in [1.54, 1.807) is 0 Å². The van der Waals surface area contributed by atoms with Crippen molar-refractivity contribution in [2.45, 2.75) is 6.42 Å². The van der Waals surface area contributed by atoms with Crippen molar-refractivity contribution in [3.05, 3.63) is 71.8 Å². The van der Waals surface area contributed by atoms with E-state index < -0.39 is 0 Å². The summed E-state index contributed by atoms with van der Waals surface area (Å²) >= 11 is 0. The van der Waals surface area contributed by atoms with Crippen molar-refractivity contribution < 1.29 is 9.59 Å². The molecule has 4 nitrogen and oxygen atoms in total. The summed E-state index contributed by atoms with van der Waals surface area (Å²) in [4.78, 5) is 28.9. The molecule has 26 heavy (non-hydrogen) atoms. The van der Waals surface area contributed by atoms with Crippen molar-refractivity contribution in [3.8, 4) is 0 Å². The summed E-state index contributed by atoms with van der Waals surface area (Å²) in [5, 5.41) is 0. The van der Waals surface area contributed by atoms with E-state index in [4.69, 9.17) is 0 Å². The monoisotopic (exact) mass is 372 g/mol. The number of rotatable bonds is 7. The summed E-state index contributed by atoms with van der Waals surface area (Å²) in [6.45, 7) is 4.82. The molecule has 0 unspecified atom stereocenters. The number of benzene rings is 2. The van der Waals surface area contributed by atoms with E-state index >= 15 is 0 Å². The molecular formula is C21H25ClN2O2. The predicted octanol–water partition coefficient (Wildman–Crippen LogP) is 3.18. The van der Waals surface area contributed by atoms with E-state index in [1.807, 2.05) is 60.7 Å². The lowest BCUT2D eigenvalue weighted by atomic mass is 10.1. The van der Waals surface area contributed by atoms with Crippen LogP contribution in [0.5, 0.6) is 0 Å². The van der Waals surface area contributed by atoms with Gasteiger partial charge in [0.15, 0.2) is 11.6 Å². The zero-order valence-electron chi connectivity index (χ0n) is 14.8. The summed E-state index contributed by atoms with van der Waals surface area (Å²) in [5.74, 6) is 0.371. The lowest BCUT2D eigenvalue weighted by Crippen LogP contribution is -2.48. The van der Waals surface area contributed by atoms with E-state index in [9.17, 15) is 9.59 Å². The molecule has 0 radical (unpaired) electrons. The third-order valence-electron chi connectivity index (χ3n) is 4.68. The van der Waals surface area contributed by atoms with Crippen molar-refractivity contribution in [2.75, 3.05) is 39.3 Å². The Hall–Kier alpha value is -2.01.